The van der Waals surface area contributed by atoms with Crippen LogP contribution in [0.5, 0.6) is 0 Å². The fourth-order valence-corrected chi connectivity index (χ4v) is 6.87. The van der Waals surface area contributed by atoms with Crippen LogP contribution in [0.3, 0.4) is 0 Å². The van der Waals surface area contributed by atoms with Crippen LogP contribution in [0.1, 0.15) is 38.5 Å². The number of nitrogens with one attached hydrogen (secondary N) is 1. The highest BCUT2D eigenvalue weighted by molar-refractivity contribution is 6.30. The molecule has 2 bridgehead atoms. The maximum absolute atomic E-state index is 14.3. The van der Waals surface area contributed by atoms with Crippen LogP contribution in [0.25, 0.3) is 0 Å². The number of nitrogens with zero attached hydrogens (tertiary/aromatic N) is 2. The van der Waals surface area contributed by atoms with E-state index in [1.165, 1.54) is 4.90 Å². The zero-order valence-corrected chi connectivity index (χ0v) is 21.4. The van der Waals surface area contributed by atoms with E-state index in [1.807, 2.05) is 66.7 Å². The minimum Gasteiger partial charge on any atom is -0.274 e. The fraction of sp³-hybridized carbons (Fsp3) is 0.125. The molecular weight excluding hydrogens is 510 g/mol. The summed E-state index contributed by atoms with van der Waals surface area (Å²) in [6.07, 6.45) is 1.66. The van der Waals surface area contributed by atoms with Crippen LogP contribution in [0, 0.1) is 11.8 Å². The summed E-state index contributed by atoms with van der Waals surface area (Å²) in [7, 11) is 0. The number of amides is 3. The van der Waals surface area contributed by atoms with Crippen molar-refractivity contribution >= 4 is 41.2 Å². The van der Waals surface area contributed by atoms with Gasteiger partial charge in [-0.1, -0.05) is 78.3 Å². The van der Waals surface area contributed by atoms with Gasteiger partial charge in [0, 0.05) is 22.7 Å². The first-order chi connectivity index (χ1) is 19.0. The van der Waals surface area contributed by atoms with Gasteiger partial charge in [-0.15, -0.1) is 0 Å². The van der Waals surface area contributed by atoms with Crippen molar-refractivity contribution in [2.24, 2.45) is 16.9 Å². The number of hydrogen-bond acceptors (Lipinski definition) is 4. The Morgan fingerprint density at radius 3 is 2.03 bits per heavy atom. The third-order valence-electron chi connectivity index (χ3n) is 8.24. The summed E-state index contributed by atoms with van der Waals surface area (Å²) in [4.78, 5) is 42.5. The van der Waals surface area contributed by atoms with Gasteiger partial charge in [0.05, 0.1) is 22.9 Å². The molecule has 7 heteroatoms. The van der Waals surface area contributed by atoms with Crippen LogP contribution in [-0.2, 0) is 15.0 Å². The second-order valence-corrected chi connectivity index (χ2v) is 10.5. The molecule has 0 unspecified atom stereocenters. The summed E-state index contributed by atoms with van der Waals surface area (Å²) in [5.74, 6) is -2.45. The van der Waals surface area contributed by atoms with E-state index in [-0.39, 0.29) is 17.7 Å². The van der Waals surface area contributed by atoms with Crippen molar-refractivity contribution in [1.82, 2.24) is 5.43 Å². The second-order valence-electron chi connectivity index (χ2n) is 10.1. The summed E-state index contributed by atoms with van der Waals surface area (Å²) < 4.78 is 0. The first-order valence-corrected chi connectivity index (χ1v) is 13.1. The monoisotopic (exact) mass is 531 g/mol. The Labute approximate surface area is 229 Å². The SMILES string of the molecule is O=C(N/N=C\C12c3ccccc3C(c3ccccc31)[C@H]1C(=O)N(c3ccccc3)C(=O)[C@@H]12)c1ccc(Cl)cc1. The van der Waals surface area contributed by atoms with E-state index < -0.39 is 23.2 Å². The molecule has 1 N–H and O–H groups in total. The second kappa shape index (κ2) is 8.75. The molecule has 1 fully saturated rings. The van der Waals surface area contributed by atoms with Crippen LogP contribution in [0.4, 0.5) is 5.69 Å². The fourth-order valence-electron chi connectivity index (χ4n) is 6.74. The first kappa shape index (κ1) is 23.6. The van der Waals surface area contributed by atoms with Crippen molar-refractivity contribution in [3.8, 4) is 0 Å². The summed E-state index contributed by atoms with van der Waals surface area (Å²) in [6, 6.07) is 31.4. The van der Waals surface area contributed by atoms with E-state index in [9.17, 15) is 14.4 Å². The summed E-state index contributed by atoms with van der Waals surface area (Å²) in [5, 5.41) is 4.96. The molecule has 39 heavy (non-hydrogen) atoms. The van der Waals surface area contributed by atoms with Gasteiger partial charge in [-0.3, -0.25) is 14.4 Å². The van der Waals surface area contributed by atoms with Gasteiger partial charge in [-0.25, -0.2) is 10.3 Å². The molecule has 6 nitrogen and oxygen atoms in total. The Balaban J connectivity index is 1.40. The van der Waals surface area contributed by atoms with E-state index in [0.717, 1.165) is 22.3 Å². The normalized spacial score (nSPS) is 24.4. The Kier molecular flexibility index (Phi) is 5.28. The highest BCUT2D eigenvalue weighted by Crippen LogP contribution is 2.63. The van der Waals surface area contributed by atoms with Crippen LogP contribution in [0.2, 0.25) is 5.02 Å². The number of para-hydroxylation sites is 1. The van der Waals surface area contributed by atoms with Crippen molar-refractivity contribution in [3.05, 3.63) is 136 Å². The number of carbonyl (C=O) groups is 3. The lowest BCUT2D eigenvalue weighted by Crippen LogP contribution is -2.54. The zero-order valence-electron chi connectivity index (χ0n) is 20.6. The van der Waals surface area contributed by atoms with E-state index in [0.29, 0.717) is 16.3 Å². The van der Waals surface area contributed by atoms with Gasteiger partial charge in [-0.2, -0.15) is 5.10 Å². The van der Waals surface area contributed by atoms with Crippen LogP contribution in [0.15, 0.2) is 108 Å². The van der Waals surface area contributed by atoms with Crippen LogP contribution in [-0.4, -0.2) is 23.9 Å². The molecule has 3 aliphatic carbocycles. The first-order valence-electron chi connectivity index (χ1n) is 12.7. The maximum atomic E-state index is 14.3. The van der Waals surface area contributed by atoms with Crippen molar-refractivity contribution in [2.45, 2.75) is 11.3 Å². The Morgan fingerprint density at radius 1 is 0.795 bits per heavy atom. The van der Waals surface area contributed by atoms with Crippen molar-refractivity contribution in [1.29, 1.82) is 0 Å². The highest BCUT2D eigenvalue weighted by atomic mass is 35.5. The van der Waals surface area contributed by atoms with E-state index in [2.05, 4.69) is 10.5 Å². The summed E-state index contributed by atoms with van der Waals surface area (Å²) in [5.41, 5.74) is 6.40. The van der Waals surface area contributed by atoms with Crippen molar-refractivity contribution < 1.29 is 14.4 Å². The average molecular weight is 532 g/mol. The largest absolute Gasteiger partial charge is 0.274 e. The smallest absolute Gasteiger partial charge is 0.271 e. The number of rotatable bonds is 4. The minimum atomic E-state index is -1.05. The standard InChI is InChI=1S/C32H22ClN3O3/c33-20-16-14-19(15-17-20)29(37)35-34-18-32-24-12-6-4-10-22(24)26(23-11-5-7-13-25(23)32)27-28(32)31(39)36(30(27)38)21-8-2-1-3-9-21/h1-18,26-28H,(H,35,37)/b34-18-/t26?,27-,28-,32?/m1/s1. The number of carbonyl (C=O) groups excluding carboxylic acids is 3. The molecule has 4 aliphatic rings. The molecule has 0 saturated carbocycles. The molecule has 4 aromatic rings. The molecule has 1 saturated heterocycles. The predicted octanol–water partition coefficient (Wildman–Crippen LogP) is 5.31. The predicted molar refractivity (Wildman–Crippen MR) is 149 cm³/mol. The minimum absolute atomic E-state index is 0.215. The van der Waals surface area contributed by atoms with Gasteiger partial charge in [0.1, 0.15) is 0 Å². The molecule has 0 radical (unpaired) electrons. The quantitative estimate of drug-likeness (QED) is 0.220. The Morgan fingerprint density at radius 2 is 1.38 bits per heavy atom. The van der Waals surface area contributed by atoms with Crippen LogP contribution < -0.4 is 10.3 Å². The summed E-state index contributed by atoms with van der Waals surface area (Å²) >= 11 is 5.97. The van der Waals surface area contributed by atoms with E-state index in [1.54, 1.807) is 42.6 Å². The lowest BCUT2D eigenvalue weighted by molar-refractivity contribution is -0.122. The van der Waals surface area contributed by atoms with E-state index in [4.69, 9.17) is 11.6 Å². The molecule has 0 aromatic heterocycles. The maximum Gasteiger partial charge on any atom is 0.271 e. The molecule has 4 aromatic carbocycles. The molecule has 1 heterocycles. The zero-order chi connectivity index (χ0) is 26.7. The van der Waals surface area contributed by atoms with Gasteiger partial charge in [0.15, 0.2) is 0 Å². The topological polar surface area (TPSA) is 78.8 Å². The number of halogens is 1. The van der Waals surface area contributed by atoms with Crippen LogP contribution >= 0.6 is 11.6 Å². The Bertz CT molecular complexity index is 1640. The number of imide groups is 1. The lowest BCUT2D eigenvalue weighted by atomic mass is 9.47. The number of hydrogen-bond donors (Lipinski definition) is 1. The van der Waals surface area contributed by atoms with E-state index >= 15 is 0 Å². The van der Waals surface area contributed by atoms with Gasteiger partial charge in [0.2, 0.25) is 11.8 Å². The van der Waals surface area contributed by atoms with Crippen molar-refractivity contribution in [2.75, 3.05) is 4.90 Å². The number of benzene rings is 4. The molecule has 1 aliphatic heterocycles. The van der Waals surface area contributed by atoms with Gasteiger partial charge in [-0.05, 0) is 58.7 Å². The molecule has 8 rings (SSSR count). The molecule has 2 atom stereocenters. The van der Waals surface area contributed by atoms with Gasteiger partial charge < -0.3 is 0 Å². The van der Waals surface area contributed by atoms with Gasteiger partial charge >= 0.3 is 0 Å². The Hall–Kier alpha value is -4.55. The lowest BCUT2D eigenvalue weighted by Gasteiger charge is -2.52. The molecular formula is C32H22ClN3O3. The molecule has 3 amide bonds. The van der Waals surface area contributed by atoms with Crippen molar-refractivity contribution in [3.63, 3.8) is 0 Å². The number of anilines is 1. The average Bonchev–Trinajstić information content (AvgIpc) is 3.24. The highest BCUT2D eigenvalue weighted by Gasteiger charge is 2.68. The van der Waals surface area contributed by atoms with Gasteiger partial charge in [0.25, 0.3) is 5.91 Å². The molecule has 0 spiro atoms. The molecule has 190 valence electrons. The summed E-state index contributed by atoms with van der Waals surface area (Å²) in [6.45, 7) is 0. The number of hydrazone groups is 1. The third kappa shape index (κ3) is 3.28. The third-order valence-corrected chi connectivity index (χ3v) is 8.49.